The van der Waals surface area contributed by atoms with Gasteiger partial charge in [-0.05, 0) is 70.1 Å². The summed E-state index contributed by atoms with van der Waals surface area (Å²) < 4.78 is 13.3. The highest BCUT2D eigenvalue weighted by Gasteiger charge is 2.46. The van der Waals surface area contributed by atoms with Gasteiger partial charge in [0.2, 0.25) is 0 Å². The first-order valence-electron chi connectivity index (χ1n) is 14.7. The zero-order valence-electron chi connectivity index (χ0n) is 21.1. The molecule has 5 saturated heterocycles. The molecule has 5 heteroatoms. The van der Waals surface area contributed by atoms with E-state index >= 15 is 0 Å². The van der Waals surface area contributed by atoms with Gasteiger partial charge in [-0.25, -0.2) is 0 Å². The lowest BCUT2D eigenvalue weighted by molar-refractivity contribution is -0.245. The Morgan fingerprint density at radius 1 is 0.545 bits per heavy atom. The summed E-state index contributed by atoms with van der Waals surface area (Å²) in [5.74, 6) is 0.754. The van der Waals surface area contributed by atoms with Crippen molar-refractivity contribution in [1.29, 1.82) is 0 Å². The van der Waals surface area contributed by atoms with Gasteiger partial charge in [-0.2, -0.15) is 0 Å². The summed E-state index contributed by atoms with van der Waals surface area (Å²) in [4.78, 5) is 5.10. The smallest absolute Gasteiger partial charge is 0.140 e. The molecule has 6 atom stereocenters. The number of rotatable bonds is 0. The zero-order valence-corrected chi connectivity index (χ0v) is 21.1. The first-order chi connectivity index (χ1) is 16.2. The van der Waals surface area contributed by atoms with Crippen molar-refractivity contribution in [3.8, 4) is 0 Å². The summed E-state index contributed by atoms with van der Waals surface area (Å²) in [5, 5.41) is 11.6. The number of nitrogens with zero attached hydrogens (tertiary/aromatic N) is 2. The number of hydrogen-bond donors (Lipinski definition) is 1. The molecule has 5 fully saturated rings. The van der Waals surface area contributed by atoms with Crippen LogP contribution >= 0.6 is 0 Å². The summed E-state index contributed by atoms with van der Waals surface area (Å²) in [6.45, 7) is 4.70. The Balaban J connectivity index is 1.19. The minimum absolute atomic E-state index is 0.0579. The molecule has 5 heterocycles. The van der Waals surface area contributed by atoms with Gasteiger partial charge in [0.25, 0.3) is 0 Å². The van der Waals surface area contributed by atoms with E-state index in [1.807, 2.05) is 0 Å². The van der Waals surface area contributed by atoms with Crippen molar-refractivity contribution < 1.29 is 14.6 Å². The normalized spacial score (nSPS) is 43.0. The first-order valence-corrected chi connectivity index (χ1v) is 14.7. The van der Waals surface area contributed by atoms with Crippen molar-refractivity contribution in [3.05, 3.63) is 0 Å². The highest BCUT2D eigenvalue weighted by Crippen LogP contribution is 2.38. The van der Waals surface area contributed by atoms with Crippen LogP contribution in [-0.2, 0) is 9.47 Å². The molecule has 0 spiro atoms. The van der Waals surface area contributed by atoms with Crippen LogP contribution in [0.3, 0.4) is 0 Å². The van der Waals surface area contributed by atoms with Crippen molar-refractivity contribution in [2.24, 2.45) is 5.92 Å². The standard InChI is InChI=1S/C28H50N2O3/c31-28-17-8-4-3-7-13-24-15-21-29-19-9-12-23(26(29)32-24)11-5-1-2-6-14-25-16-22-30(20-10-18-28)27(28)33-25/h23-27,31H,1-22H2/t23-,24+,25+,26-,27-,28+/m1/s1. The van der Waals surface area contributed by atoms with Crippen LogP contribution in [0, 0.1) is 5.92 Å². The van der Waals surface area contributed by atoms with Gasteiger partial charge in [0.1, 0.15) is 18.1 Å². The molecule has 5 nitrogen and oxygen atoms in total. The summed E-state index contributed by atoms with van der Waals surface area (Å²) in [6.07, 6.45) is 23.1. The Bertz CT molecular complexity index is 604. The number of aliphatic hydroxyl groups is 1. The molecule has 5 aliphatic rings. The monoisotopic (exact) mass is 462 g/mol. The fourth-order valence-electron chi connectivity index (χ4n) is 7.56. The molecule has 33 heavy (non-hydrogen) atoms. The molecule has 0 aromatic carbocycles. The maximum atomic E-state index is 11.6. The van der Waals surface area contributed by atoms with Crippen molar-refractivity contribution in [1.82, 2.24) is 9.80 Å². The Morgan fingerprint density at radius 2 is 1.15 bits per heavy atom. The third-order valence-corrected chi connectivity index (χ3v) is 9.50. The second-order valence-corrected chi connectivity index (χ2v) is 12.0. The maximum Gasteiger partial charge on any atom is 0.140 e. The highest BCUT2D eigenvalue weighted by molar-refractivity contribution is 4.95. The Labute approximate surface area is 202 Å². The predicted molar refractivity (Wildman–Crippen MR) is 132 cm³/mol. The van der Waals surface area contributed by atoms with Crippen molar-refractivity contribution in [3.63, 3.8) is 0 Å². The van der Waals surface area contributed by atoms with Crippen molar-refractivity contribution in [2.75, 3.05) is 26.2 Å². The third-order valence-electron chi connectivity index (χ3n) is 9.50. The van der Waals surface area contributed by atoms with Crippen LogP contribution in [0.25, 0.3) is 0 Å². The Hall–Kier alpha value is -0.200. The topological polar surface area (TPSA) is 45.2 Å². The maximum absolute atomic E-state index is 11.6. The summed E-state index contributed by atoms with van der Waals surface area (Å²) >= 11 is 0. The van der Waals surface area contributed by atoms with Crippen LogP contribution in [0.2, 0.25) is 0 Å². The number of fused-ring (bicyclic) bond motifs is 2. The lowest BCUT2D eigenvalue weighted by Crippen LogP contribution is -2.61. The van der Waals surface area contributed by atoms with Crippen LogP contribution < -0.4 is 0 Å². The van der Waals surface area contributed by atoms with E-state index in [-0.39, 0.29) is 6.23 Å². The number of hydrogen-bond acceptors (Lipinski definition) is 5. The van der Waals surface area contributed by atoms with Crippen LogP contribution in [0.5, 0.6) is 0 Å². The van der Waals surface area contributed by atoms with Gasteiger partial charge in [-0.3, -0.25) is 9.80 Å². The van der Waals surface area contributed by atoms with Gasteiger partial charge in [-0.15, -0.1) is 0 Å². The van der Waals surface area contributed by atoms with Gasteiger partial charge in [-0.1, -0.05) is 51.4 Å². The van der Waals surface area contributed by atoms with Gasteiger partial charge >= 0.3 is 0 Å². The molecule has 0 amide bonds. The molecular formula is C28H50N2O3. The van der Waals surface area contributed by atoms with E-state index in [1.54, 1.807) is 0 Å². The van der Waals surface area contributed by atoms with Crippen LogP contribution in [0.4, 0.5) is 0 Å². The molecule has 0 unspecified atom stereocenters. The van der Waals surface area contributed by atoms with Gasteiger partial charge < -0.3 is 14.6 Å². The molecule has 190 valence electrons. The second kappa shape index (κ2) is 11.7. The third kappa shape index (κ3) is 6.14. The van der Waals surface area contributed by atoms with E-state index in [4.69, 9.17) is 9.47 Å². The summed E-state index contributed by atoms with van der Waals surface area (Å²) in [7, 11) is 0. The lowest BCUT2D eigenvalue weighted by atomic mass is 9.84. The van der Waals surface area contributed by atoms with E-state index in [0.717, 1.165) is 51.1 Å². The average molecular weight is 463 g/mol. The fourth-order valence-corrected chi connectivity index (χ4v) is 7.56. The Kier molecular flexibility index (Phi) is 8.68. The highest BCUT2D eigenvalue weighted by atomic mass is 16.5. The molecule has 4 bridgehead atoms. The number of piperidine rings is 2. The number of ether oxygens (including phenoxy) is 2. The van der Waals surface area contributed by atoms with Crippen molar-refractivity contribution >= 4 is 0 Å². The zero-order chi connectivity index (χ0) is 22.5. The molecule has 0 aliphatic carbocycles. The molecule has 5 rings (SSSR count). The van der Waals surface area contributed by atoms with E-state index < -0.39 is 5.60 Å². The van der Waals surface area contributed by atoms with Gasteiger partial charge in [0.15, 0.2) is 0 Å². The molecule has 0 aromatic rings. The fraction of sp³-hybridized carbons (Fsp3) is 1.00. The van der Waals surface area contributed by atoms with E-state index in [1.165, 1.54) is 96.6 Å². The largest absolute Gasteiger partial charge is 0.386 e. The first kappa shape index (κ1) is 24.5. The molecule has 0 radical (unpaired) electrons. The molecule has 0 saturated carbocycles. The van der Waals surface area contributed by atoms with Gasteiger partial charge in [0, 0.05) is 26.2 Å². The molecule has 1 N–H and O–H groups in total. The van der Waals surface area contributed by atoms with Crippen LogP contribution in [0.1, 0.15) is 116 Å². The average Bonchev–Trinajstić information content (AvgIpc) is 2.83. The molecule has 0 aromatic heterocycles. The Morgan fingerprint density at radius 3 is 1.97 bits per heavy atom. The van der Waals surface area contributed by atoms with E-state index in [0.29, 0.717) is 18.4 Å². The van der Waals surface area contributed by atoms with Crippen molar-refractivity contribution in [2.45, 2.75) is 146 Å². The molecule has 5 aliphatic heterocycles. The molecular weight excluding hydrogens is 412 g/mol. The quantitative estimate of drug-likeness (QED) is 0.519. The minimum atomic E-state index is -0.635. The summed E-state index contributed by atoms with van der Waals surface area (Å²) in [5.41, 5.74) is -0.635. The summed E-state index contributed by atoms with van der Waals surface area (Å²) in [6, 6.07) is 0. The van der Waals surface area contributed by atoms with E-state index in [2.05, 4.69) is 9.80 Å². The second-order valence-electron chi connectivity index (χ2n) is 12.0. The predicted octanol–water partition coefficient (Wildman–Crippen LogP) is 5.45. The van der Waals surface area contributed by atoms with Crippen LogP contribution in [0.15, 0.2) is 0 Å². The lowest BCUT2D eigenvalue weighted by Gasteiger charge is -2.51. The van der Waals surface area contributed by atoms with Crippen LogP contribution in [-0.4, -0.2) is 71.4 Å². The van der Waals surface area contributed by atoms with Gasteiger partial charge in [0.05, 0.1) is 12.2 Å². The minimum Gasteiger partial charge on any atom is -0.386 e. The SMILES string of the molecule is O[C@@]12CCCCCC[C@H]3CCN4CCC[C@@H](CCCCCC[C@H]5CCN(CCC1)[C@@H]2O5)[C@H]4O3. The van der Waals surface area contributed by atoms with E-state index in [9.17, 15) is 5.11 Å².